The number of carbonyl (C=O) groups is 3. The van der Waals surface area contributed by atoms with Crippen LogP contribution < -0.4 is 5.32 Å². The van der Waals surface area contributed by atoms with Gasteiger partial charge in [0.15, 0.2) is 5.78 Å². The molecule has 0 spiro atoms. The van der Waals surface area contributed by atoms with Crippen LogP contribution in [0.3, 0.4) is 0 Å². The van der Waals surface area contributed by atoms with E-state index >= 15 is 0 Å². The Labute approximate surface area is 110 Å². The van der Waals surface area contributed by atoms with Gasteiger partial charge >= 0.3 is 5.97 Å². The third-order valence-electron chi connectivity index (χ3n) is 3.08. The number of rotatable bonds is 4. The summed E-state index contributed by atoms with van der Waals surface area (Å²) in [6.45, 7) is 3.47. The largest absolute Gasteiger partial charge is 0.466 e. The van der Waals surface area contributed by atoms with Crippen molar-refractivity contribution in [2.45, 2.75) is 26.2 Å². The molecule has 0 saturated heterocycles. The second kappa shape index (κ2) is 5.22. The van der Waals surface area contributed by atoms with Crippen molar-refractivity contribution in [3.63, 3.8) is 0 Å². The van der Waals surface area contributed by atoms with Gasteiger partial charge in [0, 0.05) is 11.3 Å². The van der Waals surface area contributed by atoms with E-state index in [0.717, 1.165) is 0 Å². The molecule has 0 aromatic heterocycles. The first-order valence-corrected chi connectivity index (χ1v) is 6.14. The fourth-order valence-electron chi connectivity index (χ4n) is 2.13. The summed E-state index contributed by atoms with van der Waals surface area (Å²) in [5.41, 5.74) is 1.87. The standard InChI is InChI=1S/C14H15NO4/c1-3-19-13(17)7-11-10-6-9(8(2)16)4-5-12(10)15-14(11)18/h4-6,11H,3,7H2,1-2H3,(H,15,18). The van der Waals surface area contributed by atoms with E-state index in [1.165, 1.54) is 6.92 Å². The summed E-state index contributed by atoms with van der Waals surface area (Å²) < 4.78 is 4.86. The van der Waals surface area contributed by atoms with Crippen LogP contribution >= 0.6 is 0 Å². The quantitative estimate of drug-likeness (QED) is 0.663. The lowest BCUT2D eigenvalue weighted by molar-refractivity contribution is -0.144. The molecule has 19 heavy (non-hydrogen) atoms. The van der Waals surface area contributed by atoms with Gasteiger partial charge < -0.3 is 10.1 Å². The molecule has 1 unspecified atom stereocenters. The maximum absolute atomic E-state index is 11.8. The molecule has 5 heteroatoms. The molecule has 5 nitrogen and oxygen atoms in total. The van der Waals surface area contributed by atoms with Gasteiger partial charge in [-0.3, -0.25) is 14.4 Å². The Hall–Kier alpha value is -2.17. The van der Waals surface area contributed by atoms with E-state index in [4.69, 9.17) is 4.74 Å². The number of amides is 1. The maximum Gasteiger partial charge on any atom is 0.306 e. The van der Waals surface area contributed by atoms with Crippen LogP contribution in [0.15, 0.2) is 18.2 Å². The summed E-state index contributed by atoms with van der Waals surface area (Å²) in [5, 5.41) is 2.70. The molecule has 1 aliphatic heterocycles. The second-order valence-corrected chi connectivity index (χ2v) is 4.41. The minimum atomic E-state index is -0.576. The van der Waals surface area contributed by atoms with Crippen LogP contribution in [0.4, 0.5) is 5.69 Å². The minimum absolute atomic E-state index is 0.00592. The number of benzene rings is 1. The molecule has 100 valence electrons. The molecule has 0 saturated carbocycles. The average molecular weight is 261 g/mol. The Balaban J connectivity index is 2.28. The summed E-state index contributed by atoms with van der Waals surface area (Å²) in [6, 6.07) is 5.02. The van der Waals surface area contributed by atoms with Crippen LogP contribution in [-0.2, 0) is 14.3 Å². The van der Waals surface area contributed by atoms with Crippen molar-refractivity contribution < 1.29 is 19.1 Å². The molecule has 0 aliphatic carbocycles. The van der Waals surface area contributed by atoms with Gasteiger partial charge in [-0.1, -0.05) is 0 Å². The lowest BCUT2D eigenvalue weighted by atomic mass is 9.95. The van der Waals surface area contributed by atoms with Gasteiger partial charge in [-0.25, -0.2) is 0 Å². The average Bonchev–Trinajstić information content (AvgIpc) is 2.65. The van der Waals surface area contributed by atoms with E-state index in [1.54, 1.807) is 25.1 Å². The first kappa shape index (κ1) is 13.3. The smallest absolute Gasteiger partial charge is 0.306 e. The molecule has 1 aliphatic rings. The molecule has 0 fully saturated rings. The van der Waals surface area contributed by atoms with Crippen molar-refractivity contribution in [3.05, 3.63) is 29.3 Å². The summed E-state index contributed by atoms with van der Waals surface area (Å²) in [6.07, 6.45) is -0.00592. The number of carbonyl (C=O) groups excluding carboxylic acids is 3. The van der Waals surface area contributed by atoms with E-state index in [1.807, 2.05) is 0 Å². The number of ether oxygens (including phenoxy) is 1. The molecule has 1 heterocycles. The fraction of sp³-hybridized carbons (Fsp3) is 0.357. The molecule has 0 radical (unpaired) electrons. The number of hydrogen-bond acceptors (Lipinski definition) is 4. The lowest BCUT2D eigenvalue weighted by Crippen LogP contribution is -2.17. The summed E-state index contributed by atoms with van der Waals surface area (Å²) in [5.74, 6) is -1.29. The van der Waals surface area contributed by atoms with Gasteiger partial charge in [-0.05, 0) is 37.6 Å². The molecule has 1 N–H and O–H groups in total. The van der Waals surface area contributed by atoms with Crippen molar-refractivity contribution >= 4 is 23.3 Å². The normalized spacial score (nSPS) is 16.7. The van der Waals surface area contributed by atoms with Gasteiger partial charge in [-0.15, -0.1) is 0 Å². The molecule has 1 atom stereocenters. The molecule has 2 rings (SSSR count). The highest BCUT2D eigenvalue weighted by Gasteiger charge is 2.33. The highest BCUT2D eigenvalue weighted by atomic mass is 16.5. The number of esters is 1. The summed E-state index contributed by atoms with van der Waals surface area (Å²) in [7, 11) is 0. The Bertz CT molecular complexity index is 550. The minimum Gasteiger partial charge on any atom is -0.466 e. The molecule has 0 bridgehead atoms. The first-order chi connectivity index (χ1) is 9.02. The highest BCUT2D eigenvalue weighted by molar-refractivity contribution is 6.06. The molecular formula is C14H15NO4. The highest BCUT2D eigenvalue weighted by Crippen LogP contribution is 2.35. The van der Waals surface area contributed by atoms with Gasteiger partial charge in [0.05, 0.1) is 18.9 Å². The number of fused-ring (bicyclic) bond motifs is 1. The molecule has 1 aromatic rings. The summed E-state index contributed by atoms with van der Waals surface area (Å²) >= 11 is 0. The predicted molar refractivity (Wildman–Crippen MR) is 69.1 cm³/mol. The zero-order valence-electron chi connectivity index (χ0n) is 10.9. The second-order valence-electron chi connectivity index (χ2n) is 4.41. The Morgan fingerprint density at radius 3 is 2.74 bits per heavy atom. The van der Waals surface area contributed by atoms with Crippen molar-refractivity contribution in [1.29, 1.82) is 0 Å². The number of ketones is 1. The number of hydrogen-bond donors (Lipinski definition) is 1. The number of nitrogens with one attached hydrogen (secondary N) is 1. The first-order valence-electron chi connectivity index (χ1n) is 6.14. The van der Waals surface area contributed by atoms with Crippen LogP contribution in [0.5, 0.6) is 0 Å². The van der Waals surface area contributed by atoms with E-state index in [-0.39, 0.29) is 24.7 Å². The Morgan fingerprint density at radius 2 is 2.11 bits per heavy atom. The van der Waals surface area contributed by atoms with Crippen molar-refractivity contribution in [1.82, 2.24) is 0 Å². The zero-order valence-corrected chi connectivity index (χ0v) is 10.9. The van der Waals surface area contributed by atoms with Gasteiger partial charge in [-0.2, -0.15) is 0 Å². The van der Waals surface area contributed by atoms with Crippen LogP contribution in [0.1, 0.15) is 42.1 Å². The Morgan fingerprint density at radius 1 is 1.37 bits per heavy atom. The van der Waals surface area contributed by atoms with E-state index < -0.39 is 11.9 Å². The monoisotopic (exact) mass is 261 g/mol. The van der Waals surface area contributed by atoms with Gasteiger partial charge in [0.25, 0.3) is 0 Å². The van der Waals surface area contributed by atoms with Crippen LogP contribution in [-0.4, -0.2) is 24.3 Å². The SMILES string of the molecule is CCOC(=O)CC1C(=O)Nc2ccc(C(C)=O)cc21. The third-order valence-corrected chi connectivity index (χ3v) is 3.08. The number of Topliss-reactive ketones (excluding diaryl/α,β-unsaturated/α-hetero) is 1. The predicted octanol–water partition coefficient (Wildman–Crippen LogP) is 1.88. The van der Waals surface area contributed by atoms with E-state index in [2.05, 4.69) is 5.32 Å². The van der Waals surface area contributed by atoms with Crippen LogP contribution in [0.2, 0.25) is 0 Å². The van der Waals surface area contributed by atoms with E-state index in [9.17, 15) is 14.4 Å². The molecular weight excluding hydrogens is 246 g/mol. The van der Waals surface area contributed by atoms with Crippen LogP contribution in [0.25, 0.3) is 0 Å². The zero-order chi connectivity index (χ0) is 14.0. The maximum atomic E-state index is 11.8. The Kier molecular flexibility index (Phi) is 3.64. The van der Waals surface area contributed by atoms with Crippen molar-refractivity contribution in [3.8, 4) is 0 Å². The van der Waals surface area contributed by atoms with Gasteiger partial charge in [0.2, 0.25) is 5.91 Å². The molecule has 1 aromatic carbocycles. The topological polar surface area (TPSA) is 72.5 Å². The van der Waals surface area contributed by atoms with Crippen molar-refractivity contribution in [2.75, 3.05) is 11.9 Å². The lowest BCUT2D eigenvalue weighted by Gasteiger charge is -2.08. The van der Waals surface area contributed by atoms with Crippen molar-refractivity contribution in [2.24, 2.45) is 0 Å². The fourth-order valence-corrected chi connectivity index (χ4v) is 2.13. The van der Waals surface area contributed by atoms with Gasteiger partial charge in [0.1, 0.15) is 0 Å². The van der Waals surface area contributed by atoms with Crippen LogP contribution in [0, 0.1) is 0 Å². The third kappa shape index (κ3) is 2.65. The van der Waals surface area contributed by atoms with E-state index in [0.29, 0.717) is 16.8 Å². The molecule has 1 amide bonds. The summed E-state index contributed by atoms with van der Waals surface area (Å²) in [4.78, 5) is 34.7. The number of anilines is 1.